The highest BCUT2D eigenvalue weighted by Gasteiger charge is 2.11. The summed E-state index contributed by atoms with van der Waals surface area (Å²) < 4.78 is 0. The van der Waals surface area contributed by atoms with E-state index in [0.29, 0.717) is 0 Å². The van der Waals surface area contributed by atoms with Crippen molar-refractivity contribution < 1.29 is 0 Å². The molecule has 4 aromatic heterocycles. The Balaban J connectivity index is 0.000000137. The van der Waals surface area contributed by atoms with Crippen LogP contribution in [-0.4, -0.2) is 19.9 Å². The van der Waals surface area contributed by atoms with E-state index in [1.165, 1.54) is 21.5 Å². The number of pyridine rings is 4. The SMILES string of the molecule is Cc1ccc(-c2nc3ccccc3c3ccccc23)nc1.Cc1cccc(-c2nc3ccccc3c3ccccc23)n1. The quantitative estimate of drug-likeness (QED) is 0.205. The largest absolute Gasteiger partial charge is 0.254 e. The van der Waals surface area contributed by atoms with E-state index >= 15 is 0 Å². The van der Waals surface area contributed by atoms with E-state index in [0.717, 1.165) is 55.8 Å². The average Bonchev–Trinajstić information content (AvgIpc) is 3.05. The summed E-state index contributed by atoms with van der Waals surface area (Å²) in [6.07, 6.45) is 1.89. The molecule has 0 saturated heterocycles. The Morgan fingerprint density at radius 1 is 0.381 bits per heavy atom. The number of hydrogen-bond acceptors (Lipinski definition) is 4. The third kappa shape index (κ3) is 4.73. The van der Waals surface area contributed by atoms with E-state index in [1.54, 1.807) is 0 Å². The summed E-state index contributed by atoms with van der Waals surface area (Å²) in [7, 11) is 0. The van der Waals surface area contributed by atoms with Crippen molar-refractivity contribution in [3.05, 3.63) is 145 Å². The lowest BCUT2D eigenvalue weighted by Crippen LogP contribution is -1.92. The standard InChI is InChI=1S/2C19H14N2/c1-13-7-6-12-18(20-13)19-16-10-3-2-8-14(16)15-9-4-5-11-17(15)21-19;1-13-10-11-18(20-12-13)19-16-8-3-2-6-14(16)15-7-4-5-9-17(15)21-19/h2*2-12H,1H3. The Kier molecular flexibility index (Phi) is 6.57. The van der Waals surface area contributed by atoms with Gasteiger partial charge in [0.1, 0.15) is 0 Å². The summed E-state index contributed by atoms with van der Waals surface area (Å²) in [6.45, 7) is 4.05. The van der Waals surface area contributed by atoms with Crippen LogP contribution in [0.2, 0.25) is 0 Å². The number of para-hydroxylation sites is 2. The van der Waals surface area contributed by atoms with E-state index in [9.17, 15) is 0 Å². The van der Waals surface area contributed by atoms with Crippen molar-refractivity contribution in [2.24, 2.45) is 0 Å². The van der Waals surface area contributed by atoms with Crippen LogP contribution in [0.15, 0.2) is 134 Å². The molecule has 4 heterocycles. The average molecular weight is 541 g/mol. The topological polar surface area (TPSA) is 51.6 Å². The zero-order valence-corrected chi connectivity index (χ0v) is 23.5. The van der Waals surface area contributed by atoms with Gasteiger partial charge in [-0.3, -0.25) is 9.97 Å². The third-order valence-electron chi connectivity index (χ3n) is 7.50. The first-order chi connectivity index (χ1) is 20.7. The van der Waals surface area contributed by atoms with Crippen LogP contribution < -0.4 is 0 Å². The number of nitrogens with zero attached hydrogens (tertiary/aromatic N) is 4. The molecular formula is C38H28N4. The number of benzene rings is 4. The van der Waals surface area contributed by atoms with Crippen LogP contribution >= 0.6 is 0 Å². The van der Waals surface area contributed by atoms with Crippen molar-refractivity contribution in [2.45, 2.75) is 13.8 Å². The van der Waals surface area contributed by atoms with Crippen molar-refractivity contribution in [3.63, 3.8) is 0 Å². The van der Waals surface area contributed by atoms with Gasteiger partial charge >= 0.3 is 0 Å². The summed E-state index contributed by atoms with van der Waals surface area (Å²) in [5.41, 5.74) is 7.93. The zero-order valence-electron chi connectivity index (χ0n) is 23.5. The highest BCUT2D eigenvalue weighted by Crippen LogP contribution is 2.32. The predicted octanol–water partition coefficient (Wildman–Crippen LogP) is 9.52. The molecule has 0 unspecified atom stereocenters. The molecular weight excluding hydrogens is 512 g/mol. The summed E-state index contributed by atoms with van der Waals surface area (Å²) in [5, 5.41) is 7.11. The predicted molar refractivity (Wildman–Crippen MR) is 174 cm³/mol. The van der Waals surface area contributed by atoms with Crippen LogP contribution in [0.3, 0.4) is 0 Å². The molecule has 0 saturated carbocycles. The maximum absolute atomic E-state index is 4.85. The molecule has 0 N–H and O–H groups in total. The summed E-state index contributed by atoms with van der Waals surface area (Å²) in [5.74, 6) is 0. The first-order valence-electron chi connectivity index (χ1n) is 14.1. The molecule has 0 radical (unpaired) electrons. The third-order valence-corrected chi connectivity index (χ3v) is 7.50. The van der Waals surface area contributed by atoms with Crippen molar-refractivity contribution in [1.82, 2.24) is 19.9 Å². The second-order valence-corrected chi connectivity index (χ2v) is 10.4. The highest BCUT2D eigenvalue weighted by atomic mass is 14.8. The van der Waals surface area contributed by atoms with Crippen LogP contribution in [0.5, 0.6) is 0 Å². The van der Waals surface area contributed by atoms with Gasteiger partial charge in [-0.2, -0.15) is 0 Å². The fourth-order valence-corrected chi connectivity index (χ4v) is 5.48. The lowest BCUT2D eigenvalue weighted by Gasteiger charge is -2.09. The van der Waals surface area contributed by atoms with Crippen LogP contribution in [0, 0.1) is 13.8 Å². The molecule has 0 fully saturated rings. The molecule has 4 aromatic carbocycles. The molecule has 0 atom stereocenters. The van der Waals surface area contributed by atoms with E-state index < -0.39 is 0 Å². The van der Waals surface area contributed by atoms with E-state index in [4.69, 9.17) is 9.97 Å². The lowest BCUT2D eigenvalue weighted by molar-refractivity contribution is 1.19. The van der Waals surface area contributed by atoms with Crippen molar-refractivity contribution in [2.75, 3.05) is 0 Å². The number of fused-ring (bicyclic) bond motifs is 6. The fourth-order valence-electron chi connectivity index (χ4n) is 5.48. The van der Waals surface area contributed by atoms with Crippen molar-refractivity contribution >= 4 is 43.4 Å². The fraction of sp³-hybridized carbons (Fsp3) is 0.0526. The molecule has 0 spiro atoms. The number of hydrogen-bond donors (Lipinski definition) is 0. The molecule has 200 valence electrons. The van der Waals surface area contributed by atoms with Gasteiger partial charge in [-0.1, -0.05) is 97.1 Å². The van der Waals surface area contributed by atoms with E-state index in [-0.39, 0.29) is 0 Å². The normalized spacial score (nSPS) is 11.1. The van der Waals surface area contributed by atoms with Gasteiger partial charge in [-0.05, 0) is 60.5 Å². The first kappa shape index (κ1) is 25.5. The monoisotopic (exact) mass is 540 g/mol. The Hall–Kier alpha value is -5.48. The molecule has 0 aliphatic heterocycles. The number of rotatable bonds is 2. The Morgan fingerprint density at radius 2 is 0.881 bits per heavy atom. The molecule has 0 aliphatic carbocycles. The second kappa shape index (κ2) is 10.8. The second-order valence-electron chi connectivity index (χ2n) is 10.4. The molecule has 4 heteroatoms. The first-order valence-corrected chi connectivity index (χ1v) is 14.1. The van der Waals surface area contributed by atoms with Gasteiger partial charge in [0.25, 0.3) is 0 Å². The van der Waals surface area contributed by atoms with Gasteiger partial charge in [-0.25, -0.2) is 9.97 Å². The minimum Gasteiger partial charge on any atom is -0.254 e. The summed E-state index contributed by atoms with van der Waals surface area (Å²) in [6, 6.07) is 43.5. The van der Waals surface area contributed by atoms with Crippen LogP contribution in [0.4, 0.5) is 0 Å². The zero-order chi connectivity index (χ0) is 28.5. The minimum absolute atomic E-state index is 0.919. The summed E-state index contributed by atoms with van der Waals surface area (Å²) >= 11 is 0. The van der Waals surface area contributed by atoms with Crippen LogP contribution in [0.1, 0.15) is 11.3 Å². The molecule has 8 aromatic rings. The highest BCUT2D eigenvalue weighted by molar-refractivity contribution is 6.11. The Labute approximate surface area is 244 Å². The molecule has 0 bridgehead atoms. The number of aryl methyl sites for hydroxylation is 2. The van der Waals surface area contributed by atoms with Gasteiger partial charge in [0.2, 0.25) is 0 Å². The smallest absolute Gasteiger partial charge is 0.0972 e. The van der Waals surface area contributed by atoms with E-state index in [1.807, 2.05) is 56.4 Å². The van der Waals surface area contributed by atoms with Crippen molar-refractivity contribution in [1.29, 1.82) is 0 Å². The van der Waals surface area contributed by atoms with Gasteiger partial charge in [0.15, 0.2) is 0 Å². The van der Waals surface area contributed by atoms with Crippen LogP contribution in [0.25, 0.3) is 66.1 Å². The summed E-state index contributed by atoms with van der Waals surface area (Å²) in [4.78, 5) is 18.9. The van der Waals surface area contributed by atoms with Crippen LogP contribution in [-0.2, 0) is 0 Å². The van der Waals surface area contributed by atoms with E-state index in [2.05, 4.69) is 101 Å². The van der Waals surface area contributed by atoms with Crippen molar-refractivity contribution in [3.8, 4) is 22.8 Å². The molecule has 4 nitrogen and oxygen atoms in total. The molecule has 8 rings (SSSR count). The van der Waals surface area contributed by atoms with Gasteiger partial charge in [0.05, 0.1) is 33.8 Å². The molecule has 0 aliphatic rings. The minimum atomic E-state index is 0.919. The lowest BCUT2D eigenvalue weighted by atomic mass is 10.0. The Morgan fingerprint density at radius 3 is 1.40 bits per heavy atom. The maximum atomic E-state index is 4.85. The van der Waals surface area contributed by atoms with Gasteiger partial charge < -0.3 is 0 Å². The molecule has 42 heavy (non-hydrogen) atoms. The van der Waals surface area contributed by atoms with Gasteiger partial charge in [-0.15, -0.1) is 0 Å². The maximum Gasteiger partial charge on any atom is 0.0972 e. The molecule has 0 amide bonds. The number of aromatic nitrogens is 4. The van der Waals surface area contributed by atoms with Gasteiger partial charge in [0, 0.05) is 33.4 Å². The Bertz CT molecular complexity index is 2220.